The predicted molar refractivity (Wildman–Crippen MR) is 97.4 cm³/mol. The third kappa shape index (κ3) is 3.33. The number of benzene rings is 1. The summed E-state index contributed by atoms with van der Waals surface area (Å²) in [6.45, 7) is 5.56. The second-order valence-corrected chi connectivity index (χ2v) is 5.66. The van der Waals surface area contributed by atoms with Gasteiger partial charge in [-0.25, -0.2) is 9.97 Å². The lowest BCUT2D eigenvalue weighted by Crippen LogP contribution is -2.33. The molecular weight excluding hydrogens is 316 g/mol. The maximum Gasteiger partial charge on any atom is 0.242 e. The van der Waals surface area contributed by atoms with Crippen molar-refractivity contribution in [1.82, 2.24) is 19.4 Å². The number of rotatable bonds is 6. The van der Waals surface area contributed by atoms with Crippen LogP contribution in [0.1, 0.15) is 13.8 Å². The van der Waals surface area contributed by atoms with Crippen molar-refractivity contribution in [2.75, 3.05) is 20.2 Å². The van der Waals surface area contributed by atoms with Crippen LogP contribution in [0.4, 0.5) is 0 Å². The van der Waals surface area contributed by atoms with E-state index in [9.17, 15) is 4.79 Å². The third-order valence-corrected chi connectivity index (χ3v) is 4.26. The molecule has 25 heavy (non-hydrogen) atoms. The molecule has 130 valence electrons. The number of aromatic nitrogens is 3. The molecular formula is C19H22N4O2. The number of pyridine rings is 1. The highest BCUT2D eigenvalue weighted by Crippen LogP contribution is 2.25. The molecule has 3 rings (SSSR count). The molecule has 0 fully saturated rings. The van der Waals surface area contributed by atoms with Gasteiger partial charge in [0, 0.05) is 24.8 Å². The Kier molecular flexibility index (Phi) is 4.97. The zero-order valence-electron chi connectivity index (χ0n) is 14.8. The first-order valence-corrected chi connectivity index (χ1v) is 8.41. The Labute approximate surface area is 147 Å². The van der Waals surface area contributed by atoms with Gasteiger partial charge in [-0.2, -0.15) is 0 Å². The van der Waals surface area contributed by atoms with E-state index < -0.39 is 0 Å². The first kappa shape index (κ1) is 17.0. The topological polar surface area (TPSA) is 60.2 Å². The Morgan fingerprint density at radius 3 is 2.52 bits per heavy atom. The molecule has 0 atom stereocenters. The molecule has 3 aromatic rings. The number of ether oxygens (including phenoxy) is 1. The lowest BCUT2D eigenvalue weighted by atomic mass is 10.2. The first-order valence-electron chi connectivity index (χ1n) is 8.41. The summed E-state index contributed by atoms with van der Waals surface area (Å²) in [7, 11) is 1.64. The van der Waals surface area contributed by atoms with Gasteiger partial charge in [-0.1, -0.05) is 0 Å². The number of fused-ring (bicyclic) bond motifs is 1. The minimum Gasteiger partial charge on any atom is -0.497 e. The lowest BCUT2D eigenvalue weighted by Gasteiger charge is -2.19. The molecule has 0 spiro atoms. The Morgan fingerprint density at radius 1 is 1.16 bits per heavy atom. The minimum atomic E-state index is 0.0599. The fourth-order valence-corrected chi connectivity index (χ4v) is 2.88. The molecule has 0 radical (unpaired) electrons. The van der Waals surface area contributed by atoms with Crippen LogP contribution >= 0.6 is 0 Å². The van der Waals surface area contributed by atoms with Gasteiger partial charge >= 0.3 is 0 Å². The largest absolute Gasteiger partial charge is 0.497 e. The van der Waals surface area contributed by atoms with Crippen molar-refractivity contribution in [2.45, 2.75) is 20.4 Å². The van der Waals surface area contributed by atoms with Gasteiger partial charge in [-0.15, -0.1) is 0 Å². The average Bonchev–Trinajstić information content (AvgIpc) is 3.01. The summed E-state index contributed by atoms with van der Waals surface area (Å²) in [5.74, 6) is 1.57. The smallest absolute Gasteiger partial charge is 0.242 e. The number of amides is 1. The van der Waals surface area contributed by atoms with Gasteiger partial charge in [0.1, 0.15) is 23.6 Å². The van der Waals surface area contributed by atoms with E-state index in [-0.39, 0.29) is 12.5 Å². The Bertz CT molecular complexity index is 867. The summed E-state index contributed by atoms with van der Waals surface area (Å²) in [6, 6.07) is 11.4. The summed E-state index contributed by atoms with van der Waals surface area (Å²) in [5.41, 5.74) is 2.42. The lowest BCUT2D eigenvalue weighted by molar-refractivity contribution is -0.131. The molecule has 6 heteroatoms. The molecule has 0 unspecified atom stereocenters. The Morgan fingerprint density at radius 2 is 1.88 bits per heavy atom. The zero-order chi connectivity index (χ0) is 17.8. The number of likely N-dealkylation sites (N-methyl/N-ethyl adjacent to an activating group) is 1. The van der Waals surface area contributed by atoms with Crippen LogP contribution in [0, 0.1) is 0 Å². The maximum absolute atomic E-state index is 12.6. The van der Waals surface area contributed by atoms with Gasteiger partial charge in [-0.05, 0) is 50.2 Å². The summed E-state index contributed by atoms with van der Waals surface area (Å²) in [5, 5.41) is 0. The van der Waals surface area contributed by atoms with E-state index in [0.717, 1.165) is 22.7 Å². The van der Waals surface area contributed by atoms with Gasteiger partial charge in [0.05, 0.1) is 7.11 Å². The van der Waals surface area contributed by atoms with Crippen LogP contribution in [0.3, 0.4) is 0 Å². The van der Waals surface area contributed by atoms with Crippen LogP contribution < -0.4 is 4.74 Å². The number of nitrogens with zero attached hydrogens (tertiary/aromatic N) is 4. The second kappa shape index (κ2) is 7.34. The third-order valence-electron chi connectivity index (χ3n) is 4.26. The molecule has 0 aliphatic carbocycles. The number of imidazole rings is 1. The molecule has 0 bridgehead atoms. The van der Waals surface area contributed by atoms with Crippen LogP contribution in [0.15, 0.2) is 42.6 Å². The molecule has 6 nitrogen and oxygen atoms in total. The maximum atomic E-state index is 12.6. The predicted octanol–water partition coefficient (Wildman–Crippen LogP) is 2.98. The molecule has 0 saturated heterocycles. The van der Waals surface area contributed by atoms with Gasteiger partial charge in [0.25, 0.3) is 0 Å². The fourth-order valence-electron chi connectivity index (χ4n) is 2.88. The Hall–Kier alpha value is -2.89. The van der Waals surface area contributed by atoms with Crippen molar-refractivity contribution >= 4 is 17.1 Å². The van der Waals surface area contributed by atoms with Crippen LogP contribution in [-0.4, -0.2) is 45.5 Å². The van der Waals surface area contributed by atoms with Crippen molar-refractivity contribution in [3.8, 4) is 17.1 Å². The van der Waals surface area contributed by atoms with E-state index in [0.29, 0.717) is 18.7 Å². The number of hydrogen-bond acceptors (Lipinski definition) is 4. The van der Waals surface area contributed by atoms with E-state index in [1.165, 1.54) is 0 Å². The SMILES string of the molecule is CCN(CC)C(=O)Cn1c(-c2ccc(OC)cc2)nc2cccnc21. The highest BCUT2D eigenvalue weighted by atomic mass is 16.5. The summed E-state index contributed by atoms with van der Waals surface area (Å²) in [4.78, 5) is 23.6. The van der Waals surface area contributed by atoms with E-state index in [2.05, 4.69) is 4.98 Å². The number of carbonyl (C=O) groups excluding carboxylic acids is 1. The van der Waals surface area contributed by atoms with Crippen LogP contribution in [0.2, 0.25) is 0 Å². The van der Waals surface area contributed by atoms with E-state index >= 15 is 0 Å². The molecule has 0 aliphatic heterocycles. The summed E-state index contributed by atoms with van der Waals surface area (Å²) < 4.78 is 7.11. The molecule has 0 N–H and O–H groups in total. The van der Waals surface area contributed by atoms with Crippen molar-refractivity contribution < 1.29 is 9.53 Å². The first-order chi connectivity index (χ1) is 12.2. The van der Waals surface area contributed by atoms with Crippen LogP contribution in [-0.2, 0) is 11.3 Å². The Balaban J connectivity index is 2.06. The summed E-state index contributed by atoms with van der Waals surface area (Å²) >= 11 is 0. The molecule has 2 heterocycles. The number of hydrogen-bond donors (Lipinski definition) is 0. The van der Waals surface area contributed by atoms with Crippen molar-refractivity contribution in [1.29, 1.82) is 0 Å². The van der Waals surface area contributed by atoms with Crippen LogP contribution in [0.25, 0.3) is 22.6 Å². The molecule has 1 amide bonds. The van der Waals surface area contributed by atoms with Crippen molar-refractivity contribution in [2.24, 2.45) is 0 Å². The monoisotopic (exact) mass is 338 g/mol. The molecule has 0 aliphatic rings. The highest BCUT2D eigenvalue weighted by molar-refractivity contribution is 5.82. The quantitative estimate of drug-likeness (QED) is 0.693. The zero-order valence-corrected chi connectivity index (χ0v) is 14.8. The second-order valence-electron chi connectivity index (χ2n) is 5.66. The van der Waals surface area contributed by atoms with Gasteiger partial charge in [-0.3, -0.25) is 9.36 Å². The van der Waals surface area contributed by atoms with Gasteiger partial charge in [0.2, 0.25) is 5.91 Å². The van der Waals surface area contributed by atoms with Crippen molar-refractivity contribution in [3.63, 3.8) is 0 Å². The average molecular weight is 338 g/mol. The van der Waals surface area contributed by atoms with E-state index in [4.69, 9.17) is 9.72 Å². The molecule has 2 aromatic heterocycles. The molecule has 1 aromatic carbocycles. The number of methoxy groups -OCH3 is 1. The van der Waals surface area contributed by atoms with Gasteiger partial charge in [0.15, 0.2) is 5.65 Å². The van der Waals surface area contributed by atoms with Crippen molar-refractivity contribution in [3.05, 3.63) is 42.6 Å². The van der Waals surface area contributed by atoms with Crippen LogP contribution in [0.5, 0.6) is 5.75 Å². The van der Waals surface area contributed by atoms with E-state index in [1.54, 1.807) is 13.3 Å². The van der Waals surface area contributed by atoms with E-state index in [1.807, 2.05) is 59.7 Å². The normalized spacial score (nSPS) is 10.8. The standard InChI is InChI=1S/C19H22N4O2/c1-4-22(5-2)17(24)13-23-18(14-8-10-15(25-3)11-9-14)21-16-7-6-12-20-19(16)23/h6-12H,4-5,13H2,1-3H3. The summed E-state index contributed by atoms with van der Waals surface area (Å²) in [6.07, 6.45) is 1.72. The minimum absolute atomic E-state index is 0.0599. The molecule has 0 saturated carbocycles. The van der Waals surface area contributed by atoms with Gasteiger partial charge < -0.3 is 9.64 Å². The number of carbonyl (C=O) groups is 1. The fraction of sp³-hybridized carbons (Fsp3) is 0.316. The highest BCUT2D eigenvalue weighted by Gasteiger charge is 2.18.